The quantitative estimate of drug-likeness (QED) is 0.691. The minimum Gasteiger partial charge on any atom is -0.301 e. The van der Waals surface area contributed by atoms with Crippen molar-refractivity contribution in [3.63, 3.8) is 0 Å². The maximum Gasteiger partial charge on any atom is 0.259 e. The predicted octanol–water partition coefficient (Wildman–Crippen LogP) is 3.67. The monoisotopic (exact) mass is 323 g/mol. The summed E-state index contributed by atoms with van der Waals surface area (Å²) in [7, 11) is 0. The van der Waals surface area contributed by atoms with Crippen LogP contribution in [-0.4, -0.2) is 15.0 Å². The van der Waals surface area contributed by atoms with Crippen LogP contribution < -0.4 is 5.56 Å². The van der Waals surface area contributed by atoms with Gasteiger partial charge < -0.3 is 4.98 Å². The number of rotatable bonds is 3. The lowest BCUT2D eigenvalue weighted by Crippen LogP contribution is -2.14. The first-order valence-electron chi connectivity index (χ1n) is 7.35. The molecule has 0 aliphatic heterocycles. The fraction of sp³-hybridized carbons (Fsp3) is 0.167. The number of aryl methyl sites for hydroxylation is 2. The third-order valence-electron chi connectivity index (χ3n) is 3.67. The van der Waals surface area contributed by atoms with Crippen molar-refractivity contribution < 1.29 is 0 Å². The first kappa shape index (κ1) is 15.5. The van der Waals surface area contributed by atoms with Crippen molar-refractivity contribution in [3.8, 4) is 0 Å². The van der Waals surface area contributed by atoms with E-state index in [1.54, 1.807) is 6.08 Å². The Morgan fingerprint density at radius 1 is 1.13 bits per heavy atom. The molecule has 23 heavy (non-hydrogen) atoms. The summed E-state index contributed by atoms with van der Waals surface area (Å²) in [6.07, 6.45) is 13.0. The Morgan fingerprint density at radius 3 is 2.70 bits per heavy atom. The highest BCUT2D eigenvalue weighted by atomic mass is 32.2. The molecule has 4 nitrogen and oxygen atoms in total. The predicted molar refractivity (Wildman–Crippen MR) is 95.3 cm³/mol. The van der Waals surface area contributed by atoms with Crippen molar-refractivity contribution in [2.45, 2.75) is 24.8 Å². The maximum absolute atomic E-state index is 12.3. The van der Waals surface area contributed by atoms with Crippen molar-refractivity contribution in [1.29, 1.82) is 0 Å². The number of aromatic amines is 1. The van der Waals surface area contributed by atoms with E-state index in [-0.39, 0.29) is 5.56 Å². The molecule has 2 heterocycles. The van der Waals surface area contributed by atoms with E-state index in [9.17, 15) is 4.79 Å². The van der Waals surface area contributed by atoms with Gasteiger partial charge in [0.25, 0.3) is 5.56 Å². The third kappa shape index (κ3) is 3.51. The van der Waals surface area contributed by atoms with Gasteiger partial charge in [0.2, 0.25) is 0 Å². The number of nitrogens with zero attached hydrogens (tertiary/aromatic N) is 2. The second-order valence-corrected chi connectivity index (χ2v) is 6.22. The molecule has 0 radical (unpaired) electrons. The molecule has 3 rings (SSSR count). The minimum atomic E-state index is -0.117. The second-order valence-electron chi connectivity index (χ2n) is 5.25. The Balaban J connectivity index is 1.89. The molecular weight excluding hydrogens is 306 g/mol. The summed E-state index contributed by atoms with van der Waals surface area (Å²) in [6.45, 7) is 4.07. The molecule has 0 spiro atoms. The van der Waals surface area contributed by atoms with E-state index in [0.717, 1.165) is 11.4 Å². The van der Waals surface area contributed by atoms with Crippen LogP contribution in [0.5, 0.6) is 0 Å². The van der Waals surface area contributed by atoms with Gasteiger partial charge >= 0.3 is 0 Å². The summed E-state index contributed by atoms with van der Waals surface area (Å²) in [5.74, 6) is 0.729. The lowest BCUT2D eigenvalue weighted by Gasteiger charge is -2.09. The zero-order valence-corrected chi connectivity index (χ0v) is 13.9. The molecule has 0 aromatic carbocycles. The summed E-state index contributed by atoms with van der Waals surface area (Å²) in [5, 5.41) is 0.624. The van der Waals surface area contributed by atoms with Crippen LogP contribution in [0.3, 0.4) is 0 Å². The molecule has 0 atom stereocenters. The van der Waals surface area contributed by atoms with E-state index in [0.29, 0.717) is 16.4 Å². The highest BCUT2D eigenvalue weighted by Crippen LogP contribution is 2.23. The SMILES string of the molecule is Cc1ccnc(C)c1CSc1nc2c(c(=O)[nH]1)\C=C/C=C\C=C/2. The number of H-pyrrole nitrogens is 1. The normalized spacial score (nSPS) is 17.0. The number of hydrogen-bond donors (Lipinski definition) is 1. The molecule has 1 N–H and O–H groups in total. The minimum absolute atomic E-state index is 0.117. The Labute approximate surface area is 139 Å². The van der Waals surface area contributed by atoms with Gasteiger partial charge in [0.15, 0.2) is 5.16 Å². The zero-order chi connectivity index (χ0) is 16.2. The molecular formula is C18H17N3OS. The molecule has 0 amide bonds. The summed E-state index contributed by atoms with van der Waals surface area (Å²) in [4.78, 5) is 24.0. The van der Waals surface area contributed by atoms with Gasteiger partial charge in [-0.15, -0.1) is 0 Å². The van der Waals surface area contributed by atoms with Gasteiger partial charge in [-0.05, 0) is 43.2 Å². The Kier molecular flexibility index (Phi) is 4.57. The number of hydrogen-bond acceptors (Lipinski definition) is 4. The Hall–Kier alpha value is -2.40. The third-order valence-corrected chi connectivity index (χ3v) is 4.57. The Morgan fingerprint density at radius 2 is 1.91 bits per heavy atom. The number of thioether (sulfide) groups is 1. The molecule has 0 saturated carbocycles. The van der Waals surface area contributed by atoms with Gasteiger partial charge in [-0.1, -0.05) is 36.1 Å². The molecule has 0 saturated heterocycles. The van der Waals surface area contributed by atoms with Crippen molar-refractivity contribution in [3.05, 3.63) is 75.0 Å². The van der Waals surface area contributed by atoms with Gasteiger partial charge in [0.1, 0.15) is 0 Å². The summed E-state index contributed by atoms with van der Waals surface area (Å²) < 4.78 is 0. The number of fused-ring (bicyclic) bond motifs is 1. The Bertz CT molecular complexity index is 858. The summed E-state index contributed by atoms with van der Waals surface area (Å²) >= 11 is 1.52. The van der Waals surface area contributed by atoms with Crippen LogP contribution in [0, 0.1) is 13.8 Å². The number of aromatic nitrogens is 3. The van der Waals surface area contributed by atoms with Crippen LogP contribution in [0.15, 0.2) is 46.5 Å². The molecule has 1 aliphatic rings. The molecule has 0 fully saturated rings. The van der Waals surface area contributed by atoms with Crippen LogP contribution in [0.2, 0.25) is 0 Å². The summed E-state index contributed by atoms with van der Waals surface area (Å²) in [5.41, 5.74) is 4.56. The van der Waals surface area contributed by atoms with Crippen molar-refractivity contribution >= 4 is 23.9 Å². The maximum atomic E-state index is 12.3. The van der Waals surface area contributed by atoms with Gasteiger partial charge in [0, 0.05) is 17.6 Å². The highest BCUT2D eigenvalue weighted by Gasteiger charge is 2.10. The van der Waals surface area contributed by atoms with Gasteiger partial charge in [-0.3, -0.25) is 9.78 Å². The highest BCUT2D eigenvalue weighted by molar-refractivity contribution is 7.98. The summed E-state index contributed by atoms with van der Waals surface area (Å²) in [6, 6.07) is 2.00. The molecule has 116 valence electrons. The average Bonchev–Trinajstić information content (AvgIpc) is 2.48. The smallest absolute Gasteiger partial charge is 0.259 e. The van der Waals surface area contributed by atoms with E-state index in [2.05, 4.69) is 21.9 Å². The van der Waals surface area contributed by atoms with Crippen molar-refractivity contribution in [2.75, 3.05) is 0 Å². The second kappa shape index (κ2) is 6.79. The molecule has 0 bridgehead atoms. The number of allylic oxidation sites excluding steroid dienone is 4. The molecule has 2 aromatic heterocycles. The fourth-order valence-corrected chi connectivity index (χ4v) is 3.39. The lowest BCUT2D eigenvalue weighted by molar-refractivity contribution is 0.921. The van der Waals surface area contributed by atoms with E-state index >= 15 is 0 Å². The van der Waals surface area contributed by atoms with Crippen LogP contribution in [0.25, 0.3) is 12.2 Å². The molecule has 1 aliphatic carbocycles. The largest absolute Gasteiger partial charge is 0.301 e. The van der Waals surface area contributed by atoms with E-state index < -0.39 is 0 Å². The van der Waals surface area contributed by atoms with Gasteiger partial charge in [0.05, 0.1) is 11.3 Å². The van der Waals surface area contributed by atoms with Crippen LogP contribution >= 0.6 is 11.8 Å². The van der Waals surface area contributed by atoms with E-state index in [4.69, 9.17) is 0 Å². The first-order chi connectivity index (χ1) is 11.1. The molecule has 2 aromatic rings. The van der Waals surface area contributed by atoms with Crippen LogP contribution in [-0.2, 0) is 5.75 Å². The van der Waals surface area contributed by atoms with Crippen molar-refractivity contribution in [1.82, 2.24) is 15.0 Å². The fourth-order valence-electron chi connectivity index (χ4n) is 2.35. The van der Waals surface area contributed by atoms with Crippen LogP contribution in [0.4, 0.5) is 0 Å². The number of pyridine rings is 1. The van der Waals surface area contributed by atoms with Gasteiger partial charge in [-0.2, -0.15) is 0 Å². The van der Waals surface area contributed by atoms with Crippen molar-refractivity contribution in [2.24, 2.45) is 0 Å². The van der Waals surface area contributed by atoms with E-state index in [1.165, 1.54) is 22.9 Å². The molecule has 5 heteroatoms. The van der Waals surface area contributed by atoms with Gasteiger partial charge in [-0.25, -0.2) is 4.98 Å². The zero-order valence-electron chi connectivity index (χ0n) is 13.0. The van der Waals surface area contributed by atoms with Crippen LogP contribution in [0.1, 0.15) is 28.1 Å². The number of nitrogens with one attached hydrogen (secondary N) is 1. The standard InChI is InChI=1S/C18H17N3OS/c1-12-9-10-19-13(2)15(12)11-23-18-20-16-8-6-4-3-5-7-14(16)17(22)21-18/h3-10H,11H2,1-2H3,(H,20,21,22). The first-order valence-corrected chi connectivity index (χ1v) is 8.33. The molecule has 0 unspecified atom stereocenters. The average molecular weight is 323 g/mol. The topological polar surface area (TPSA) is 58.6 Å². The lowest BCUT2D eigenvalue weighted by atomic mass is 10.1. The van der Waals surface area contributed by atoms with E-state index in [1.807, 2.05) is 49.6 Å².